The van der Waals surface area contributed by atoms with Crippen molar-refractivity contribution in [2.24, 2.45) is 0 Å². The van der Waals surface area contributed by atoms with Gasteiger partial charge >= 0.3 is 0 Å². The number of pyridine rings is 1. The van der Waals surface area contributed by atoms with Crippen molar-refractivity contribution >= 4 is 35.0 Å². The molecule has 3 nitrogen and oxygen atoms in total. The summed E-state index contributed by atoms with van der Waals surface area (Å²) in [6.45, 7) is 0. The second-order valence-corrected chi connectivity index (χ2v) is 6.31. The Labute approximate surface area is 150 Å². The number of hydrogen-bond donors (Lipinski definition) is 1. The molecule has 2 aromatic carbocycles. The molecule has 1 aromatic heterocycles. The van der Waals surface area contributed by atoms with E-state index in [4.69, 9.17) is 11.6 Å². The molecule has 3 aromatic rings. The van der Waals surface area contributed by atoms with Gasteiger partial charge in [0.05, 0.1) is 5.56 Å². The summed E-state index contributed by atoms with van der Waals surface area (Å²) in [6, 6.07) is 19.3. The number of carbonyl (C=O) groups excluding carboxylic acids is 1. The molecule has 0 unspecified atom stereocenters. The second kappa shape index (κ2) is 7.51. The van der Waals surface area contributed by atoms with Crippen LogP contribution in [0, 0.1) is 0 Å². The van der Waals surface area contributed by atoms with Gasteiger partial charge in [0.25, 0.3) is 5.91 Å². The first-order valence-corrected chi connectivity index (χ1v) is 8.94. The SMILES string of the molecule is CSc1cccc(-c2ccccc2NC(=O)c2cccnc2Cl)c1. The summed E-state index contributed by atoms with van der Waals surface area (Å²) in [7, 11) is 0. The van der Waals surface area contributed by atoms with Crippen LogP contribution >= 0.6 is 23.4 Å². The van der Waals surface area contributed by atoms with Crippen molar-refractivity contribution < 1.29 is 4.79 Å². The van der Waals surface area contributed by atoms with Gasteiger partial charge in [-0.25, -0.2) is 4.98 Å². The largest absolute Gasteiger partial charge is 0.321 e. The normalized spacial score (nSPS) is 10.4. The first kappa shape index (κ1) is 16.6. The van der Waals surface area contributed by atoms with Crippen molar-refractivity contribution in [3.8, 4) is 11.1 Å². The fraction of sp³-hybridized carbons (Fsp3) is 0.0526. The highest BCUT2D eigenvalue weighted by atomic mass is 35.5. The van der Waals surface area contributed by atoms with E-state index in [-0.39, 0.29) is 11.1 Å². The monoisotopic (exact) mass is 354 g/mol. The number of aromatic nitrogens is 1. The lowest BCUT2D eigenvalue weighted by atomic mass is 10.0. The predicted octanol–water partition coefficient (Wildman–Crippen LogP) is 5.38. The third-order valence-electron chi connectivity index (χ3n) is 3.56. The van der Waals surface area contributed by atoms with E-state index in [1.807, 2.05) is 42.7 Å². The van der Waals surface area contributed by atoms with Crippen LogP contribution in [0.5, 0.6) is 0 Å². The average molecular weight is 355 g/mol. The van der Waals surface area contributed by atoms with E-state index >= 15 is 0 Å². The minimum atomic E-state index is -0.276. The molecule has 0 saturated heterocycles. The van der Waals surface area contributed by atoms with Crippen molar-refractivity contribution in [2.75, 3.05) is 11.6 Å². The Balaban J connectivity index is 1.95. The number of thioether (sulfide) groups is 1. The van der Waals surface area contributed by atoms with Crippen LogP contribution in [0.1, 0.15) is 10.4 Å². The number of halogens is 1. The van der Waals surface area contributed by atoms with Crippen LogP contribution in [-0.4, -0.2) is 17.1 Å². The molecule has 0 fully saturated rings. The molecule has 0 atom stereocenters. The molecule has 0 spiro atoms. The van der Waals surface area contributed by atoms with E-state index < -0.39 is 0 Å². The lowest BCUT2D eigenvalue weighted by Gasteiger charge is -2.12. The maximum atomic E-state index is 12.5. The first-order chi connectivity index (χ1) is 11.7. The summed E-state index contributed by atoms with van der Waals surface area (Å²) < 4.78 is 0. The van der Waals surface area contributed by atoms with Gasteiger partial charge in [0.1, 0.15) is 5.15 Å². The minimum absolute atomic E-state index is 0.192. The molecule has 24 heavy (non-hydrogen) atoms. The van der Waals surface area contributed by atoms with Crippen LogP contribution in [-0.2, 0) is 0 Å². The third kappa shape index (κ3) is 3.61. The first-order valence-electron chi connectivity index (χ1n) is 7.34. The van der Waals surface area contributed by atoms with Gasteiger partial charge in [0, 0.05) is 22.3 Å². The topological polar surface area (TPSA) is 42.0 Å². The summed E-state index contributed by atoms with van der Waals surface area (Å²) in [5, 5.41) is 3.12. The summed E-state index contributed by atoms with van der Waals surface area (Å²) in [4.78, 5) is 17.6. The maximum Gasteiger partial charge on any atom is 0.258 e. The molecule has 1 heterocycles. The van der Waals surface area contributed by atoms with E-state index in [1.165, 1.54) is 4.90 Å². The number of rotatable bonds is 4. The lowest BCUT2D eigenvalue weighted by molar-refractivity contribution is 0.102. The second-order valence-electron chi connectivity index (χ2n) is 5.07. The standard InChI is InChI=1S/C19H15ClN2OS/c1-24-14-7-4-6-13(12-14)15-8-2-3-10-17(15)22-19(23)16-9-5-11-21-18(16)20/h2-12H,1H3,(H,22,23). The summed E-state index contributed by atoms with van der Waals surface area (Å²) in [5.41, 5.74) is 3.10. The molecule has 0 aliphatic rings. The fourth-order valence-electron chi connectivity index (χ4n) is 2.38. The van der Waals surface area contributed by atoms with Crippen LogP contribution in [0.15, 0.2) is 71.8 Å². The van der Waals surface area contributed by atoms with Crippen LogP contribution in [0.25, 0.3) is 11.1 Å². The smallest absolute Gasteiger partial charge is 0.258 e. The van der Waals surface area contributed by atoms with E-state index in [2.05, 4.69) is 22.4 Å². The molecule has 0 radical (unpaired) electrons. The third-order valence-corrected chi connectivity index (χ3v) is 4.59. The van der Waals surface area contributed by atoms with Crippen molar-refractivity contribution in [2.45, 2.75) is 4.90 Å². The zero-order chi connectivity index (χ0) is 16.9. The van der Waals surface area contributed by atoms with Gasteiger partial charge in [0.15, 0.2) is 0 Å². The number of amides is 1. The highest BCUT2D eigenvalue weighted by molar-refractivity contribution is 7.98. The molecule has 120 valence electrons. The van der Waals surface area contributed by atoms with Gasteiger partial charge in [-0.15, -0.1) is 11.8 Å². The van der Waals surface area contributed by atoms with Crippen LogP contribution < -0.4 is 5.32 Å². The van der Waals surface area contributed by atoms with E-state index in [0.717, 1.165) is 16.8 Å². The van der Waals surface area contributed by atoms with Gasteiger partial charge in [-0.3, -0.25) is 4.79 Å². The van der Waals surface area contributed by atoms with E-state index in [1.54, 1.807) is 30.1 Å². The fourth-order valence-corrected chi connectivity index (χ4v) is 3.04. The van der Waals surface area contributed by atoms with Crippen molar-refractivity contribution in [1.82, 2.24) is 4.98 Å². The number of nitrogens with one attached hydrogen (secondary N) is 1. The predicted molar refractivity (Wildman–Crippen MR) is 101 cm³/mol. The van der Waals surface area contributed by atoms with Crippen molar-refractivity contribution in [1.29, 1.82) is 0 Å². The average Bonchev–Trinajstić information content (AvgIpc) is 2.62. The Morgan fingerprint density at radius 1 is 1.08 bits per heavy atom. The molecule has 1 amide bonds. The van der Waals surface area contributed by atoms with Crippen molar-refractivity contribution in [3.63, 3.8) is 0 Å². The lowest BCUT2D eigenvalue weighted by Crippen LogP contribution is -2.13. The molecule has 0 bridgehead atoms. The molecular weight excluding hydrogens is 340 g/mol. The van der Waals surface area contributed by atoms with Crippen molar-refractivity contribution in [3.05, 3.63) is 77.6 Å². The highest BCUT2D eigenvalue weighted by Gasteiger charge is 2.13. The summed E-state index contributed by atoms with van der Waals surface area (Å²) in [5.74, 6) is -0.276. The summed E-state index contributed by atoms with van der Waals surface area (Å²) in [6.07, 6.45) is 3.60. The number of hydrogen-bond acceptors (Lipinski definition) is 3. The van der Waals surface area contributed by atoms with Gasteiger partial charge < -0.3 is 5.32 Å². The van der Waals surface area contributed by atoms with E-state index in [0.29, 0.717) is 5.56 Å². The molecule has 1 N–H and O–H groups in total. The van der Waals surface area contributed by atoms with Crippen LogP contribution in [0.3, 0.4) is 0 Å². The Bertz CT molecular complexity index is 883. The zero-order valence-electron chi connectivity index (χ0n) is 13.0. The van der Waals surface area contributed by atoms with Gasteiger partial charge in [0.2, 0.25) is 0 Å². The van der Waals surface area contributed by atoms with E-state index in [9.17, 15) is 4.79 Å². The van der Waals surface area contributed by atoms with Crippen LogP contribution in [0.4, 0.5) is 5.69 Å². The number of benzene rings is 2. The Morgan fingerprint density at radius 3 is 2.71 bits per heavy atom. The molecule has 5 heteroatoms. The van der Waals surface area contributed by atoms with Gasteiger partial charge in [-0.05, 0) is 42.2 Å². The number of anilines is 1. The molecular formula is C19H15ClN2OS. The Hall–Kier alpha value is -2.30. The number of para-hydroxylation sites is 1. The summed E-state index contributed by atoms with van der Waals surface area (Å²) >= 11 is 7.69. The quantitative estimate of drug-likeness (QED) is 0.505. The van der Waals surface area contributed by atoms with Gasteiger partial charge in [-0.2, -0.15) is 0 Å². The zero-order valence-corrected chi connectivity index (χ0v) is 14.6. The maximum absolute atomic E-state index is 12.5. The molecule has 3 rings (SSSR count). The molecule has 0 aliphatic heterocycles. The Kier molecular flexibility index (Phi) is 5.18. The van der Waals surface area contributed by atoms with Gasteiger partial charge in [-0.1, -0.05) is 41.9 Å². The minimum Gasteiger partial charge on any atom is -0.321 e. The molecule has 0 aliphatic carbocycles. The van der Waals surface area contributed by atoms with Crippen LogP contribution in [0.2, 0.25) is 5.15 Å². The highest BCUT2D eigenvalue weighted by Crippen LogP contribution is 2.30. The number of nitrogens with zero attached hydrogens (tertiary/aromatic N) is 1. The Morgan fingerprint density at radius 2 is 1.92 bits per heavy atom. The molecule has 0 saturated carbocycles. The number of carbonyl (C=O) groups is 1.